The highest BCUT2D eigenvalue weighted by Crippen LogP contribution is 2.36. The average molecular weight is 269 g/mol. The van der Waals surface area contributed by atoms with Crippen LogP contribution in [0.3, 0.4) is 0 Å². The zero-order valence-electron chi connectivity index (χ0n) is 10.2. The molecule has 2 rings (SSSR count). The quantitative estimate of drug-likeness (QED) is 0.631. The molecule has 1 heterocycles. The lowest BCUT2D eigenvalue weighted by atomic mass is 9.82. The lowest BCUT2D eigenvalue weighted by molar-refractivity contribution is 0.112. The summed E-state index contributed by atoms with van der Waals surface area (Å²) in [5, 5.41) is 3.02. The van der Waals surface area contributed by atoms with Crippen LogP contribution < -0.4 is 5.32 Å². The van der Waals surface area contributed by atoms with Crippen LogP contribution in [0.25, 0.3) is 0 Å². The smallest absolute Gasteiger partial charge is 0.296 e. The summed E-state index contributed by atoms with van der Waals surface area (Å²) in [6, 6.07) is 2.84. The van der Waals surface area contributed by atoms with Crippen molar-refractivity contribution in [1.29, 1.82) is 0 Å². The summed E-state index contributed by atoms with van der Waals surface area (Å²) in [6.45, 7) is 4.70. The fourth-order valence-corrected chi connectivity index (χ4v) is 2.96. The number of hydrogen-bond acceptors (Lipinski definition) is 4. The number of carbonyl (C=O) groups is 1. The molecule has 0 unspecified atom stereocenters. The largest absolute Gasteiger partial charge is 0.383 e. The molecule has 0 spiro atoms. The summed E-state index contributed by atoms with van der Waals surface area (Å²) in [5.74, 6) is 0. The zero-order chi connectivity index (χ0) is 13.6. The van der Waals surface area contributed by atoms with Crippen LogP contribution in [0.15, 0.2) is 17.0 Å². The number of benzene rings is 1. The molecule has 1 aliphatic heterocycles. The van der Waals surface area contributed by atoms with Crippen molar-refractivity contribution in [3.05, 3.63) is 23.3 Å². The van der Waals surface area contributed by atoms with Crippen molar-refractivity contribution in [3.8, 4) is 0 Å². The summed E-state index contributed by atoms with van der Waals surface area (Å²) in [6.07, 6.45) is 1.23. The van der Waals surface area contributed by atoms with E-state index in [2.05, 4.69) is 5.32 Å². The highest BCUT2D eigenvalue weighted by atomic mass is 32.2. The number of nitrogens with one attached hydrogen (secondary N) is 1. The second-order valence-corrected chi connectivity index (χ2v) is 6.73. The summed E-state index contributed by atoms with van der Waals surface area (Å²) in [5.41, 5.74) is 1.37. The number of carbonyl (C=O) groups excluding carboxylic acids is 1. The maximum Gasteiger partial charge on any atom is 0.296 e. The Morgan fingerprint density at radius 1 is 1.39 bits per heavy atom. The molecule has 1 aromatic rings. The molecule has 0 bridgehead atoms. The van der Waals surface area contributed by atoms with Gasteiger partial charge in [0.1, 0.15) is 11.2 Å². The van der Waals surface area contributed by atoms with E-state index in [4.69, 9.17) is 0 Å². The van der Waals surface area contributed by atoms with Crippen LogP contribution in [-0.4, -0.2) is 25.8 Å². The van der Waals surface area contributed by atoms with Crippen LogP contribution in [0, 0.1) is 5.41 Å². The maximum atomic E-state index is 11.3. The molecule has 0 radical (unpaired) electrons. The van der Waals surface area contributed by atoms with Crippen molar-refractivity contribution in [1.82, 2.24) is 0 Å². The van der Waals surface area contributed by atoms with Gasteiger partial charge in [0, 0.05) is 12.1 Å². The summed E-state index contributed by atoms with van der Waals surface area (Å²) in [4.78, 5) is 10.6. The van der Waals surface area contributed by atoms with Gasteiger partial charge in [0.05, 0.1) is 5.69 Å². The Bertz CT molecular complexity index is 605. The first kappa shape index (κ1) is 13.0. The fourth-order valence-electron chi connectivity index (χ4n) is 2.21. The number of fused-ring (bicyclic) bond motifs is 1. The third-order valence-electron chi connectivity index (χ3n) is 3.03. The number of hydrogen-bond donors (Lipinski definition) is 2. The second kappa shape index (κ2) is 4.07. The monoisotopic (exact) mass is 269 g/mol. The molecule has 1 aliphatic rings. The predicted molar refractivity (Wildman–Crippen MR) is 67.6 cm³/mol. The minimum atomic E-state index is -4.34. The van der Waals surface area contributed by atoms with Gasteiger partial charge in [-0.3, -0.25) is 9.35 Å². The normalized spacial score (nSPS) is 17.7. The van der Waals surface area contributed by atoms with Crippen LogP contribution in [0.1, 0.15) is 29.8 Å². The van der Waals surface area contributed by atoms with E-state index in [0.717, 1.165) is 5.56 Å². The Hall–Kier alpha value is -1.40. The van der Waals surface area contributed by atoms with Gasteiger partial charge in [-0.25, -0.2) is 0 Å². The van der Waals surface area contributed by atoms with Crippen molar-refractivity contribution < 1.29 is 17.8 Å². The molecule has 0 aliphatic carbocycles. The highest BCUT2D eigenvalue weighted by Gasteiger charge is 2.29. The van der Waals surface area contributed by atoms with Crippen molar-refractivity contribution in [2.75, 3.05) is 11.9 Å². The number of aldehydes is 1. The first-order valence-electron chi connectivity index (χ1n) is 5.56. The van der Waals surface area contributed by atoms with Gasteiger partial charge in [-0.05, 0) is 29.5 Å². The summed E-state index contributed by atoms with van der Waals surface area (Å²) >= 11 is 0. The van der Waals surface area contributed by atoms with E-state index in [1.165, 1.54) is 6.07 Å². The fraction of sp³-hybridized carbons (Fsp3) is 0.417. The van der Waals surface area contributed by atoms with Crippen LogP contribution in [0.4, 0.5) is 5.69 Å². The van der Waals surface area contributed by atoms with E-state index in [0.29, 0.717) is 24.9 Å². The minimum absolute atomic E-state index is 0.0228. The Balaban J connectivity index is 2.67. The minimum Gasteiger partial charge on any atom is -0.383 e. The highest BCUT2D eigenvalue weighted by molar-refractivity contribution is 7.86. The topological polar surface area (TPSA) is 83.5 Å². The van der Waals surface area contributed by atoms with E-state index in [1.807, 2.05) is 13.8 Å². The molecule has 2 N–H and O–H groups in total. The number of rotatable bonds is 2. The zero-order valence-corrected chi connectivity index (χ0v) is 11.0. The van der Waals surface area contributed by atoms with Crippen molar-refractivity contribution in [3.63, 3.8) is 0 Å². The number of anilines is 1. The van der Waals surface area contributed by atoms with E-state index in [9.17, 15) is 17.8 Å². The van der Waals surface area contributed by atoms with Gasteiger partial charge in [0.25, 0.3) is 10.1 Å². The van der Waals surface area contributed by atoms with Gasteiger partial charge in [0.2, 0.25) is 0 Å². The lowest BCUT2D eigenvalue weighted by Crippen LogP contribution is -2.31. The molecule has 0 aromatic heterocycles. The van der Waals surface area contributed by atoms with Gasteiger partial charge in [-0.15, -0.1) is 0 Å². The lowest BCUT2D eigenvalue weighted by Gasteiger charge is -2.33. The Morgan fingerprint density at radius 3 is 2.61 bits per heavy atom. The molecule has 0 atom stereocenters. The van der Waals surface area contributed by atoms with E-state index < -0.39 is 10.1 Å². The first-order valence-corrected chi connectivity index (χ1v) is 7.00. The maximum absolute atomic E-state index is 11.3. The van der Waals surface area contributed by atoms with Gasteiger partial charge in [-0.1, -0.05) is 13.8 Å². The van der Waals surface area contributed by atoms with Crippen molar-refractivity contribution in [2.45, 2.75) is 25.2 Å². The van der Waals surface area contributed by atoms with Crippen LogP contribution >= 0.6 is 0 Å². The average Bonchev–Trinajstić information content (AvgIpc) is 2.24. The van der Waals surface area contributed by atoms with Crippen molar-refractivity contribution in [2.24, 2.45) is 5.41 Å². The third kappa shape index (κ3) is 2.39. The standard InChI is InChI=1S/C12H15NO4S/c1-12(2)5-9-3-8(6-14)4-10(18(15,16)17)11(9)13-7-12/h3-4,6,13H,5,7H2,1-2H3,(H,15,16,17). The molecule has 1 aromatic carbocycles. The second-order valence-electron chi connectivity index (χ2n) is 5.34. The van der Waals surface area contributed by atoms with Crippen LogP contribution in [0.5, 0.6) is 0 Å². The van der Waals surface area contributed by atoms with Crippen LogP contribution in [0.2, 0.25) is 0 Å². The molecule has 6 heteroatoms. The molecule has 98 valence electrons. The van der Waals surface area contributed by atoms with Gasteiger partial charge in [0.15, 0.2) is 0 Å². The Labute approximate surface area is 106 Å². The van der Waals surface area contributed by atoms with Gasteiger partial charge < -0.3 is 5.32 Å². The molecule has 0 fully saturated rings. The predicted octanol–water partition coefficient (Wildman–Crippen LogP) is 1.74. The summed E-state index contributed by atoms with van der Waals surface area (Å²) in [7, 11) is -4.34. The molecule has 0 amide bonds. The molecule has 0 saturated carbocycles. The van der Waals surface area contributed by atoms with Crippen molar-refractivity contribution >= 4 is 22.1 Å². The van der Waals surface area contributed by atoms with Crippen LogP contribution in [-0.2, 0) is 16.5 Å². The van der Waals surface area contributed by atoms with Gasteiger partial charge >= 0.3 is 0 Å². The van der Waals surface area contributed by atoms with E-state index in [1.54, 1.807) is 6.07 Å². The van der Waals surface area contributed by atoms with E-state index >= 15 is 0 Å². The molecular weight excluding hydrogens is 254 g/mol. The Kier molecular flexibility index (Phi) is 2.95. The molecule has 5 nitrogen and oxygen atoms in total. The first-order chi connectivity index (χ1) is 8.23. The van der Waals surface area contributed by atoms with E-state index in [-0.39, 0.29) is 15.9 Å². The SMILES string of the molecule is CC1(C)CNc2c(cc(C=O)cc2S(=O)(=O)O)C1. The summed E-state index contributed by atoms with van der Waals surface area (Å²) < 4.78 is 31.9. The Morgan fingerprint density at radius 2 is 2.06 bits per heavy atom. The molecule has 18 heavy (non-hydrogen) atoms. The third-order valence-corrected chi connectivity index (χ3v) is 3.91. The molecule has 0 saturated heterocycles. The van der Waals surface area contributed by atoms with Gasteiger partial charge in [-0.2, -0.15) is 8.42 Å². The molecular formula is C12H15NO4S.